The normalized spacial score (nSPS) is 13.3. The predicted molar refractivity (Wildman–Crippen MR) is 87.6 cm³/mol. The van der Waals surface area contributed by atoms with Gasteiger partial charge in [-0.15, -0.1) is 0 Å². The molecule has 0 saturated carbocycles. The van der Waals surface area contributed by atoms with Crippen LogP contribution in [0.1, 0.15) is 31.9 Å². The third-order valence-corrected chi connectivity index (χ3v) is 8.22. The number of hydrogen-bond acceptors (Lipinski definition) is 1. The lowest BCUT2D eigenvalue weighted by Gasteiger charge is -2.36. The summed E-state index contributed by atoms with van der Waals surface area (Å²) >= 11 is 0. The summed E-state index contributed by atoms with van der Waals surface area (Å²) in [6, 6.07) is 8.31. The van der Waals surface area contributed by atoms with Gasteiger partial charge in [-0.1, -0.05) is 51.6 Å². The maximum atomic E-state index is 6.29. The second kappa shape index (κ2) is 5.79. The summed E-state index contributed by atoms with van der Waals surface area (Å²) in [6.45, 7) is 17.2. The highest BCUT2D eigenvalue weighted by Crippen LogP contribution is 2.38. The molecule has 1 aromatic carbocycles. The van der Waals surface area contributed by atoms with Crippen molar-refractivity contribution >= 4 is 14.4 Å². The summed E-state index contributed by atoms with van der Waals surface area (Å²) in [4.78, 5) is 0. The van der Waals surface area contributed by atoms with Crippen LogP contribution in [0.5, 0.6) is 0 Å². The lowest BCUT2D eigenvalue weighted by atomic mass is 10.1. The molecule has 0 radical (unpaired) electrons. The first-order chi connectivity index (χ1) is 8.67. The molecule has 0 N–H and O–H groups in total. The van der Waals surface area contributed by atoms with Crippen molar-refractivity contribution in [2.45, 2.75) is 45.8 Å². The molecule has 0 aliphatic rings. The molecule has 1 aromatic rings. The van der Waals surface area contributed by atoms with Crippen molar-refractivity contribution in [1.29, 1.82) is 0 Å². The van der Waals surface area contributed by atoms with Crippen LogP contribution in [0.3, 0.4) is 0 Å². The molecule has 104 valence electrons. The fourth-order valence-electron chi connectivity index (χ4n) is 1.48. The first kappa shape index (κ1) is 15.8. The molecule has 0 heterocycles. The highest BCUT2D eigenvalue weighted by atomic mass is 28.4. The van der Waals surface area contributed by atoms with Crippen molar-refractivity contribution in [3.63, 3.8) is 0 Å². The van der Waals surface area contributed by atoms with E-state index in [1.165, 1.54) is 11.1 Å². The molecular weight excluding hydrogens is 248 g/mol. The van der Waals surface area contributed by atoms with E-state index in [2.05, 4.69) is 71.6 Å². The molecule has 0 bridgehead atoms. The summed E-state index contributed by atoms with van der Waals surface area (Å²) in [5.41, 5.74) is 2.44. The van der Waals surface area contributed by atoms with Crippen LogP contribution in [-0.4, -0.2) is 8.32 Å². The van der Waals surface area contributed by atoms with E-state index in [1.807, 2.05) is 12.1 Å². The summed E-state index contributed by atoms with van der Waals surface area (Å²) in [5.74, 6) is 0.876. The van der Waals surface area contributed by atoms with Gasteiger partial charge in [0.2, 0.25) is 8.32 Å². The van der Waals surface area contributed by atoms with Gasteiger partial charge in [0, 0.05) is 0 Å². The van der Waals surface area contributed by atoms with Gasteiger partial charge in [0.1, 0.15) is 5.76 Å². The summed E-state index contributed by atoms with van der Waals surface area (Å²) in [7, 11) is -1.80. The van der Waals surface area contributed by atoms with E-state index < -0.39 is 8.32 Å². The number of rotatable bonds is 4. The van der Waals surface area contributed by atoms with Gasteiger partial charge >= 0.3 is 0 Å². The maximum Gasteiger partial charge on any atom is 0.250 e. The molecule has 0 aliphatic carbocycles. The van der Waals surface area contributed by atoms with Crippen LogP contribution in [0, 0.1) is 6.92 Å². The molecule has 0 aliphatic heterocycles. The molecule has 0 atom stereocenters. The van der Waals surface area contributed by atoms with Gasteiger partial charge in [-0.3, -0.25) is 0 Å². The van der Waals surface area contributed by atoms with Crippen molar-refractivity contribution in [2.75, 3.05) is 0 Å². The van der Waals surface area contributed by atoms with E-state index in [1.54, 1.807) is 0 Å². The van der Waals surface area contributed by atoms with E-state index in [9.17, 15) is 0 Å². The number of allylic oxidation sites excluding steroid dienone is 1. The van der Waals surface area contributed by atoms with Gasteiger partial charge in [-0.2, -0.15) is 0 Å². The molecule has 0 aromatic heterocycles. The second-order valence-electron chi connectivity index (χ2n) is 6.47. The molecule has 0 saturated heterocycles. The molecule has 1 rings (SSSR count). The van der Waals surface area contributed by atoms with E-state index in [0.29, 0.717) is 0 Å². The van der Waals surface area contributed by atoms with E-state index in [4.69, 9.17) is 4.43 Å². The van der Waals surface area contributed by atoms with Crippen LogP contribution < -0.4 is 0 Å². The third kappa shape index (κ3) is 4.10. The minimum absolute atomic E-state index is 0.195. The van der Waals surface area contributed by atoms with Crippen molar-refractivity contribution in [3.05, 3.63) is 53.8 Å². The molecule has 2 heteroatoms. The van der Waals surface area contributed by atoms with Crippen LogP contribution in [0.25, 0.3) is 6.08 Å². The fraction of sp³-hybridized carbons (Fsp3) is 0.412. The molecular formula is C17H26OSi. The first-order valence-electron chi connectivity index (χ1n) is 6.76. The quantitative estimate of drug-likeness (QED) is 0.398. The highest BCUT2D eigenvalue weighted by Gasteiger charge is 2.39. The summed E-state index contributed by atoms with van der Waals surface area (Å²) in [6.07, 6.45) is 3.90. The van der Waals surface area contributed by atoms with E-state index in [-0.39, 0.29) is 5.04 Å². The van der Waals surface area contributed by atoms with Crippen molar-refractivity contribution < 1.29 is 4.43 Å². The van der Waals surface area contributed by atoms with Gasteiger partial charge in [0.15, 0.2) is 0 Å². The van der Waals surface area contributed by atoms with Crippen LogP contribution in [0.15, 0.2) is 42.7 Å². The van der Waals surface area contributed by atoms with E-state index >= 15 is 0 Å². The Balaban J connectivity index is 3.04. The first-order valence-corrected chi connectivity index (χ1v) is 9.67. The van der Waals surface area contributed by atoms with Gasteiger partial charge in [-0.25, -0.2) is 0 Å². The monoisotopic (exact) mass is 274 g/mol. The Morgan fingerprint density at radius 2 is 1.79 bits per heavy atom. The molecule has 19 heavy (non-hydrogen) atoms. The molecule has 0 fully saturated rings. The molecule has 0 amide bonds. The largest absolute Gasteiger partial charge is 0.544 e. The zero-order chi connectivity index (χ0) is 14.7. The third-order valence-electron chi connectivity index (χ3n) is 3.87. The average molecular weight is 274 g/mol. The van der Waals surface area contributed by atoms with Crippen molar-refractivity contribution in [3.8, 4) is 0 Å². The second-order valence-corrected chi connectivity index (χ2v) is 11.2. The van der Waals surface area contributed by atoms with Crippen LogP contribution >= 0.6 is 0 Å². The summed E-state index contributed by atoms with van der Waals surface area (Å²) in [5, 5.41) is 0.195. The Morgan fingerprint density at radius 3 is 2.26 bits per heavy atom. The van der Waals surface area contributed by atoms with Gasteiger partial charge in [0.25, 0.3) is 0 Å². The standard InChI is InChI=1S/C17H26OSi/c1-8-16(18-19(6,7)17(3,4)5)13-15-12-10-9-11-14(15)2/h8-13H,1H2,2-7H3. The highest BCUT2D eigenvalue weighted by molar-refractivity contribution is 6.74. The molecule has 0 unspecified atom stereocenters. The SMILES string of the molecule is C=CC(=Cc1ccccc1C)O[Si](C)(C)C(C)(C)C. The Morgan fingerprint density at radius 1 is 1.21 bits per heavy atom. The van der Waals surface area contributed by atoms with Gasteiger partial charge < -0.3 is 4.43 Å². The lowest BCUT2D eigenvalue weighted by molar-refractivity contribution is 0.404. The maximum absolute atomic E-state index is 6.29. The number of benzene rings is 1. The van der Waals surface area contributed by atoms with Gasteiger partial charge in [0.05, 0.1) is 0 Å². The predicted octanol–water partition coefficient (Wildman–Crippen LogP) is 5.54. The van der Waals surface area contributed by atoms with E-state index in [0.717, 1.165) is 5.76 Å². The Kier molecular flexibility index (Phi) is 4.80. The lowest BCUT2D eigenvalue weighted by Crippen LogP contribution is -2.40. The van der Waals surface area contributed by atoms with Crippen molar-refractivity contribution in [1.82, 2.24) is 0 Å². The fourth-order valence-corrected chi connectivity index (χ4v) is 2.52. The van der Waals surface area contributed by atoms with Crippen molar-refractivity contribution in [2.24, 2.45) is 0 Å². The zero-order valence-corrected chi connectivity index (χ0v) is 14.1. The number of hydrogen-bond donors (Lipinski definition) is 0. The Labute approximate surface area is 119 Å². The Hall–Kier alpha value is -1.28. The number of aryl methyl sites for hydroxylation is 1. The zero-order valence-electron chi connectivity index (χ0n) is 13.1. The van der Waals surface area contributed by atoms with Gasteiger partial charge in [-0.05, 0) is 48.3 Å². The minimum atomic E-state index is -1.80. The smallest absolute Gasteiger partial charge is 0.250 e. The van der Waals surface area contributed by atoms with Crippen LogP contribution in [-0.2, 0) is 4.43 Å². The topological polar surface area (TPSA) is 9.23 Å². The van der Waals surface area contributed by atoms with Crippen LogP contribution in [0.2, 0.25) is 18.1 Å². The average Bonchev–Trinajstić information content (AvgIpc) is 2.29. The minimum Gasteiger partial charge on any atom is -0.544 e. The summed E-state index contributed by atoms with van der Waals surface area (Å²) < 4.78 is 6.29. The molecule has 1 nitrogen and oxygen atoms in total. The van der Waals surface area contributed by atoms with Crippen LogP contribution in [0.4, 0.5) is 0 Å². The molecule has 0 spiro atoms. The Bertz CT molecular complexity index is 478.